The fraction of sp³-hybridized carbons (Fsp3) is 0.556. The van der Waals surface area contributed by atoms with Gasteiger partial charge in [0.15, 0.2) is 10.8 Å². The van der Waals surface area contributed by atoms with Gasteiger partial charge in [0.2, 0.25) is 0 Å². The summed E-state index contributed by atoms with van der Waals surface area (Å²) < 4.78 is 6.30. The SMILES string of the molecule is Cc1nsc(-c2nnc3n2CCNC3C)n1.Cl. The third-order valence-corrected chi connectivity index (χ3v) is 3.47. The molecule has 3 heterocycles. The van der Waals surface area contributed by atoms with Crippen LogP contribution < -0.4 is 5.32 Å². The summed E-state index contributed by atoms with van der Waals surface area (Å²) >= 11 is 1.38. The molecule has 0 fully saturated rings. The molecule has 0 amide bonds. The molecule has 0 aromatic carbocycles. The van der Waals surface area contributed by atoms with Gasteiger partial charge in [0.05, 0.1) is 6.04 Å². The molecule has 0 saturated heterocycles. The molecule has 2 aromatic heterocycles. The molecule has 0 saturated carbocycles. The number of aromatic nitrogens is 5. The zero-order valence-corrected chi connectivity index (χ0v) is 11.2. The molecule has 0 radical (unpaired) electrons. The quantitative estimate of drug-likeness (QED) is 0.845. The lowest BCUT2D eigenvalue weighted by Crippen LogP contribution is -2.32. The van der Waals surface area contributed by atoms with Crippen molar-refractivity contribution in [3.63, 3.8) is 0 Å². The molecular weight excluding hydrogens is 260 g/mol. The van der Waals surface area contributed by atoms with E-state index in [1.54, 1.807) is 0 Å². The summed E-state index contributed by atoms with van der Waals surface area (Å²) in [7, 11) is 0. The van der Waals surface area contributed by atoms with Gasteiger partial charge < -0.3 is 9.88 Å². The molecule has 1 unspecified atom stereocenters. The molecule has 1 atom stereocenters. The van der Waals surface area contributed by atoms with Gasteiger partial charge in [0.1, 0.15) is 11.6 Å². The highest BCUT2D eigenvalue weighted by Gasteiger charge is 2.23. The fourth-order valence-corrected chi connectivity index (χ4v) is 2.55. The number of rotatable bonds is 1. The highest BCUT2D eigenvalue weighted by molar-refractivity contribution is 7.09. The smallest absolute Gasteiger partial charge is 0.194 e. The Morgan fingerprint density at radius 2 is 2.24 bits per heavy atom. The maximum Gasteiger partial charge on any atom is 0.194 e. The predicted molar refractivity (Wildman–Crippen MR) is 67.3 cm³/mol. The molecule has 17 heavy (non-hydrogen) atoms. The second-order valence-corrected chi connectivity index (χ2v) is 4.61. The lowest BCUT2D eigenvalue weighted by molar-refractivity contribution is 0.439. The summed E-state index contributed by atoms with van der Waals surface area (Å²) in [5, 5.41) is 12.6. The molecule has 1 N–H and O–H groups in total. The van der Waals surface area contributed by atoms with E-state index in [0.29, 0.717) is 0 Å². The first kappa shape index (κ1) is 12.4. The predicted octanol–water partition coefficient (Wildman–Crippen LogP) is 1.19. The first-order chi connectivity index (χ1) is 7.75. The number of nitrogens with zero attached hydrogens (tertiary/aromatic N) is 5. The largest absolute Gasteiger partial charge is 0.306 e. The van der Waals surface area contributed by atoms with Gasteiger partial charge in [0, 0.05) is 13.1 Å². The minimum absolute atomic E-state index is 0. The van der Waals surface area contributed by atoms with Crippen molar-refractivity contribution in [1.82, 2.24) is 29.4 Å². The topological polar surface area (TPSA) is 68.5 Å². The number of hydrogen-bond donors (Lipinski definition) is 1. The Morgan fingerprint density at radius 1 is 1.41 bits per heavy atom. The number of aryl methyl sites for hydroxylation is 1. The van der Waals surface area contributed by atoms with Gasteiger partial charge in [-0.25, -0.2) is 4.98 Å². The highest BCUT2D eigenvalue weighted by atomic mass is 35.5. The lowest BCUT2D eigenvalue weighted by atomic mass is 10.2. The van der Waals surface area contributed by atoms with E-state index in [4.69, 9.17) is 0 Å². The molecule has 2 aromatic rings. The van der Waals surface area contributed by atoms with Crippen LogP contribution in [-0.4, -0.2) is 30.7 Å². The molecule has 8 heteroatoms. The van der Waals surface area contributed by atoms with E-state index < -0.39 is 0 Å². The molecule has 3 rings (SSSR count). The summed E-state index contributed by atoms with van der Waals surface area (Å²) in [6.07, 6.45) is 0. The van der Waals surface area contributed by atoms with Crippen LogP contribution in [0.5, 0.6) is 0 Å². The third kappa shape index (κ3) is 2.05. The van der Waals surface area contributed by atoms with E-state index in [1.807, 2.05) is 6.92 Å². The molecule has 0 spiro atoms. The monoisotopic (exact) mass is 272 g/mol. The fourth-order valence-electron chi connectivity index (χ4n) is 1.89. The van der Waals surface area contributed by atoms with Gasteiger partial charge >= 0.3 is 0 Å². The van der Waals surface area contributed by atoms with Crippen molar-refractivity contribution in [3.8, 4) is 10.8 Å². The number of nitrogens with one attached hydrogen (secondary N) is 1. The van der Waals surface area contributed by atoms with E-state index in [9.17, 15) is 0 Å². The highest BCUT2D eigenvalue weighted by Crippen LogP contribution is 2.24. The summed E-state index contributed by atoms with van der Waals surface area (Å²) in [6, 6.07) is 0.254. The Balaban J connectivity index is 0.00000108. The van der Waals surface area contributed by atoms with Crippen LogP contribution >= 0.6 is 23.9 Å². The van der Waals surface area contributed by atoms with Crippen LogP contribution in [0.1, 0.15) is 24.6 Å². The Morgan fingerprint density at radius 3 is 2.94 bits per heavy atom. The van der Waals surface area contributed by atoms with Gasteiger partial charge in [-0.2, -0.15) is 4.37 Å². The van der Waals surface area contributed by atoms with Crippen LogP contribution in [0, 0.1) is 6.92 Å². The van der Waals surface area contributed by atoms with E-state index >= 15 is 0 Å². The first-order valence-electron chi connectivity index (χ1n) is 5.23. The normalized spacial score (nSPS) is 18.6. The zero-order valence-electron chi connectivity index (χ0n) is 9.54. The number of fused-ring (bicyclic) bond motifs is 1. The second-order valence-electron chi connectivity index (χ2n) is 3.86. The third-order valence-electron chi connectivity index (χ3n) is 2.67. The molecule has 0 aliphatic carbocycles. The lowest BCUT2D eigenvalue weighted by Gasteiger charge is -2.21. The Labute approximate surface area is 109 Å². The Bertz CT molecular complexity index is 521. The van der Waals surface area contributed by atoms with Crippen LogP contribution in [0.15, 0.2) is 0 Å². The minimum Gasteiger partial charge on any atom is -0.306 e. The summed E-state index contributed by atoms with van der Waals surface area (Å²) in [5.74, 6) is 2.61. The van der Waals surface area contributed by atoms with Crippen molar-refractivity contribution in [2.75, 3.05) is 6.54 Å². The van der Waals surface area contributed by atoms with Crippen molar-refractivity contribution in [2.24, 2.45) is 0 Å². The Hall–Kier alpha value is -1.05. The minimum atomic E-state index is 0. The standard InChI is InChI=1S/C9H12N6S.ClH/c1-5-7-12-13-8(15(7)4-3-10-5)9-11-6(2)14-16-9;/h5,10H,3-4H2,1-2H3;1H. The van der Waals surface area contributed by atoms with Gasteiger partial charge in [-0.15, -0.1) is 22.6 Å². The van der Waals surface area contributed by atoms with E-state index in [-0.39, 0.29) is 18.4 Å². The molecule has 1 aliphatic heterocycles. The molecule has 6 nitrogen and oxygen atoms in total. The average Bonchev–Trinajstić information content (AvgIpc) is 2.84. The summed E-state index contributed by atoms with van der Waals surface area (Å²) in [4.78, 5) is 4.35. The van der Waals surface area contributed by atoms with Gasteiger partial charge in [-0.05, 0) is 25.4 Å². The van der Waals surface area contributed by atoms with Crippen LogP contribution in [-0.2, 0) is 6.54 Å². The van der Waals surface area contributed by atoms with Crippen LogP contribution in [0.2, 0.25) is 0 Å². The van der Waals surface area contributed by atoms with Gasteiger partial charge in [-0.1, -0.05) is 0 Å². The van der Waals surface area contributed by atoms with E-state index in [1.165, 1.54) is 11.5 Å². The van der Waals surface area contributed by atoms with Crippen LogP contribution in [0.25, 0.3) is 10.8 Å². The van der Waals surface area contributed by atoms with E-state index in [2.05, 4.69) is 36.4 Å². The maximum absolute atomic E-state index is 4.35. The summed E-state index contributed by atoms with van der Waals surface area (Å²) in [6.45, 7) is 5.81. The van der Waals surface area contributed by atoms with Gasteiger partial charge in [0.25, 0.3) is 0 Å². The Kier molecular flexibility index (Phi) is 3.41. The average molecular weight is 273 g/mol. The molecule has 0 bridgehead atoms. The maximum atomic E-state index is 4.35. The first-order valence-corrected chi connectivity index (χ1v) is 6.00. The van der Waals surface area contributed by atoms with E-state index in [0.717, 1.165) is 35.6 Å². The van der Waals surface area contributed by atoms with Crippen molar-refractivity contribution >= 4 is 23.9 Å². The zero-order chi connectivity index (χ0) is 11.1. The van der Waals surface area contributed by atoms with Crippen molar-refractivity contribution in [2.45, 2.75) is 26.4 Å². The summed E-state index contributed by atoms with van der Waals surface area (Å²) in [5.41, 5.74) is 0. The molecular formula is C9H13ClN6S. The molecule has 92 valence electrons. The van der Waals surface area contributed by atoms with Crippen molar-refractivity contribution < 1.29 is 0 Å². The molecule has 1 aliphatic rings. The van der Waals surface area contributed by atoms with Crippen molar-refractivity contribution in [3.05, 3.63) is 11.6 Å². The van der Waals surface area contributed by atoms with Crippen molar-refractivity contribution in [1.29, 1.82) is 0 Å². The van der Waals surface area contributed by atoms with Gasteiger partial charge in [-0.3, -0.25) is 0 Å². The number of halogens is 1. The van der Waals surface area contributed by atoms with Crippen LogP contribution in [0.3, 0.4) is 0 Å². The number of hydrogen-bond acceptors (Lipinski definition) is 6. The second kappa shape index (κ2) is 4.67. The van der Waals surface area contributed by atoms with Crippen LogP contribution in [0.4, 0.5) is 0 Å².